The minimum absolute atomic E-state index is 0.0573. The van der Waals surface area contributed by atoms with Crippen molar-refractivity contribution >= 4 is 0 Å². The van der Waals surface area contributed by atoms with Gasteiger partial charge in [-0.3, -0.25) is 0 Å². The first-order valence-electron chi connectivity index (χ1n) is 6.98. The molecule has 1 atom stereocenters. The van der Waals surface area contributed by atoms with E-state index in [9.17, 15) is 0 Å². The SMILES string of the molecule is C=C(N)C(=C)/C=C(\C)CCOC(C)(C)C1CCNC1. The molecule has 108 valence electrons. The smallest absolute Gasteiger partial charge is 0.0667 e. The highest BCUT2D eigenvalue weighted by Crippen LogP contribution is 2.27. The Morgan fingerprint density at radius 1 is 1.47 bits per heavy atom. The third kappa shape index (κ3) is 5.21. The van der Waals surface area contributed by atoms with Gasteiger partial charge in [0.25, 0.3) is 0 Å². The van der Waals surface area contributed by atoms with Crippen LogP contribution in [0.5, 0.6) is 0 Å². The van der Waals surface area contributed by atoms with E-state index in [-0.39, 0.29) is 5.60 Å². The standard InChI is InChI=1S/C16H28N2O/c1-12(10-13(2)14(3)17)7-9-19-16(4,5)15-6-8-18-11-15/h10,15,18H,2-3,6-9,11,17H2,1,4-5H3/b12-10+. The van der Waals surface area contributed by atoms with Crippen LogP contribution in [-0.2, 0) is 4.74 Å². The summed E-state index contributed by atoms with van der Waals surface area (Å²) in [5, 5.41) is 3.39. The molecule has 1 aliphatic rings. The second-order valence-electron chi connectivity index (χ2n) is 5.93. The Hall–Kier alpha value is -1.06. The maximum absolute atomic E-state index is 6.06. The van der Waals surface area contributed by atoms with Crippen molar-refractivity contribution < 1.29 is 4.74 Å². The van der Waals surface area contributed by atoms with Gasteiger partial charge >= 0.3 is 0 Å². The Labute approximate surface area is 117 Å². The monoisotopic (exact) mass is 264 g/mol. The van der Waals surface area contributed by atoms with Crippen molar-refractivity contribution in [3.05, 3.63) is 36.1 Å². The second kappa shape index (κ2) is 6.92. The maximum Gasteiger partial charge on any atom is 0.0667 e. The molecule has 3 N–H and O–H groups in total. The number of allylic oxidation sites excluding steroid dienone is 1. The van der Waals surface area contributed by atoms with E-state index in [0.717, 1.165) is 31.7 Å². The summed E-state index contributed by atoms with van der Waals surface area (Å²) >= 11 is 0. The molecule has 0 aromatic rings. The molecule has 1 aliphatic heterocycles. The first-order chi connectivity index (χ1) is 8.83. The van der Waals surface area contributed by atoms with Crippen LogP contribution < -0.4 is 11.1 Å². The third-order valence-electron chi connectivity index (χ3n) is 3.85. The van der Waals surface area contributed by atoms with E-state index in [4.69, 9.17) is 10.5 Å². The van der Waals surface area contributed by atoms with Gasteiger partial charge in [-0.05, 0) is 45.7 Å². The number of nitrogens with one attached hydrogen (secondary N) is 1. The van der Waals surface area contributed by atoms with Crippen LogP contribution >= 0.6 is 0 Å². The molecule has 1 fully saturated rings. The summed E-state index contributed by atoms with van der Waals surface area (Å²) in [6, 6.07) is 0. The molecule has 0 aromatic carbocycles. The van der Waals surface area contributed by atoms with Gasteiger partial charge in [-0.15, -0.1) is 0 Å². The molecule has 19 heavy (non-hydrogen) atoms. The summed E-state index contributed by atoms with van der Waals surface area (Å²) in [6.45, 7) is 16.9. The lowest BCUT2D eigenvalue weighted by molar-refractivity contribution is -0.0532. The zero-order valence-corrected chi connectivity index (χ0v) is 12.6. The average molecular weight is 264 g/mol. The highest BCUT2D eigenvalue weighted by atomic mass is 16.5. The number of hydrogen-bond acceptors (Lipinski definition) is 3. The lowest BCUT2D eigenvalue weighted by Crippen LogP contribution is -2.36. The highest BCUT2D eigenvalue weighted by molar-refractivity contribution is 5.34. The van der Waals surface area contributed by atoms with Crippen molar-refractivity contribution in [2.45, 2.75) is 39.2 Å². The molecule has 1 unspecified atom stereocenters. The molecule has 0 amide bonds. The molecular weight excluding hydrogens is 236 g/mol. The van der Waals surface area contributed by atoms with Crippen LogP contribution in [0.4, 0.5) is 0 Å². The van der Waals surface area contributed by atoms with E-state index in [1.54, 1.807) is 0 Å². The zero-order valence-electron chi connectivity index (χ0n) is 12.6. The van der Waals surface area contributed by atoms with Gasteiger partial charge in [0.15, 0.2) is 0 Å². The fourth-order valence-corrected chi connectivity index (χ4v) is 2.30. The molecule has 1 rings (SSSR count). The summed E-state index contributed by atoms with van der Waals surface area (Å²) in [5.41, 5.74) is 8.06. The molecule has 0 saturated carbocycles. The minimum atomic E-state index is -0.0573. The normalized spacial score (nSPS) is 20.6. The van der Waals surface area contributed by atoms with Gasteiger partial charge in [-0.2, -0.15) is 0 Å². The molecule has 0 spiro atoms. The van der Waals surface area contributed by atoms with Crippen LogP contribution in [0, 0.1) is 5.92 Å². The number of nitrogens with two attached hydrogens (primary N) is 1. The third-order valence-corrected chi connectivity index (χ3v) is 3.85. The fourth-order valence-electron chi connectivity index (χ4n) is 2.30. The number of rotatable bonds is 7. The van der Waals surface area contributed by atoms with Gasteiger partial charge < -0.3 is 15.8 Å². The Morgan fingerprint density at radius 3 is 2.68 bits per heavy atom. The number of hydrogen-bond donors (Lipinski definition) is 2. The van der Waals surface area contributed by atoms with Crippen LogP contribution in [0.15, 0.2) is 36.1 Å². The molecule has 3 heteroatoms. The quantitative estimate of drug-likeness (QED) is 0.695. The second-order valence-corrected chi connectivity index (χ2v) is 5.93. The highest BCUT2D eigenvalue weighted by Gasteiger charge is 2.32. The summed E-state index contributed by atoms with van der Waals surface area (Å²) < 4.78 is 6.06. The molecule has 0 bridgehead atoms. The molecule has 1 saturated heterocycles. The van der Waals surface area contributed by atoms with Gasteiger partial charge in [0.05, 0.1) is 12.2 Å². The van der Waals surface area contributed by atoms with Gasteiger partial charge in [0.1, 0.15) is 0 Å². The van der Waals surface area contributed by atoms with Crippen LogP contribution in [-0.4, -0.2) is 25.3 Å². The van der Waals surface area contributed by atoms with Gasteiger partial charge in [-0.25, -0.2) is 0 Å². The summed E-state index contributed by atoms with van der Waals surface area (Å²) in [7, 11) is 0. The van der Waals surface area contributed by atoms with E-state index >= 15 is 0 Å². The topological polar surface area (TPSA) is 47.3 Å². The lowest BCUT2D eigenvalue weighted by Gasteiger charge is -2.31. The Bertz CT molecular complexity index is 363. The van der Waals surface area contributed by atoms with E-state index in [1.165, 1.54) is 12.0 Å². The largest absolute Gasteiger partial charge is 0.399 e. The predicted octanol–water partition coefficient (Wildman–Crippen LogP) is 2.76. The first-order valence-corrected chi connectivity index (χ1v) is 6.98. The van der Waals surface area contributed by atoms with Crippen LogP contribution in [0.2, 0.25) is 0 Å². The maximum atomic E-state index is 6.06. The summed E-state index contributed by atoms with van der Waals surface area (Å²) in [4.78, 5) is 0. The fraction of sp³-hybridized carbons (Fsp3) is 0.625. The van der Waals surface area contributed by atoms with Crippen molar-refractivity contribution in [2.75, 3.05) is 19.7 Å². The molecule has 3 nitrogen and oxygen atoms in total. The van der Waals surface area contributed by atoms with Crippen molar-refractivity contribution in [1.29, 1.82) is 0 Å². The van der Waals surface area contributed by atoms with Crippen molar-refractivity contribution in [3.63, 3.8) is 0 Å². The number of ether oxygens (including phenoxy) is 1. The average Bonchev–Trinajstić information content (AvgIpc) is 2.82. The lowest BCUT2D eigenvalue weighted by atomic mass is 9.90. The van der Waals surface area contributed by atoms with E-state index in [0.29, 0.717) is 11.6 Å². The van der Waals surface area contributed by atoms with E-state index in [1.807, 2.05) is 6.08 Å². The molecule has 1 heterocycles. The summed E-state index contributed by atoms with van der Waals surface area (Å²) in [5.74, 6) is 0.607. The van der Waals surface area contributed by atoms with Gasteiger partial charge in [0, 0.05) is 18.2 Å². The van der Waals surface area contributed by atoms with Crippen molar-refractivity contribution in [3.8, 4) is 0 Å². The first kappa shape index (κ1) is 16.0. The minimum Gasteiger partial charge on any atom is -0.399 e. The van der Waals surface area contributed by atoms with Crippen molar-refractivity contribution in [1.82, 2.24) is 5.32 Å². The van der Waals surface area contributed by atoms with Gasteiger partial charge in [-0.1, -0.05) is 24.8 Å². The van der Waals surface area contributed by atoms with Crippen LogP contribution in [0.25, 0.3) is 0 Å². The molecule has 0 radical (unpaired) electrons. The molecule has 0 aromatic heterocycles. The van der Waals surface area contributed by atoms with Crippen LogP contribution in [0.1, 0.15) is 33.6 Å². The Morgan fingerprint density at radius 2 is 2.16 bits per heavy atom. The molecule has 0 aliphatic carbocycles. The summed E-state index contributed by atoms with van der Waals surface area (Å²) in [6.07, 6.45) is 4.08. The molecular formula is C16H28N2O. The van der Waals surface area contributed by atoms with E-state index in [2.05, 4.69) is 39.2 Å². The van der Waals surface area contributed by atoms with Crippen molar-refractivity contribution in [2.24, 2.45) is 11.7 Å². The Kier molecular flexibility index (Phi) is 5.83. The zero-order chi connectivity index (χ0) is 14.5. The predicted molar refractivity (Wildman–Crippen MR) is 81.8 cm³/mol. The van der Waals surface area contributed by atoms with Gasteiger partial charge in [0.2, 0.25) is 0 Å². The van der Waals surface area contributed by atoms with Crippen LogP contribution in [0.3, 0.4) is 0 Å². The Balaban J connectivity index is 2.36. The van der Waals surface area contributed by atoms with E-state index < -0.39 is 0 Å².